The molecule has 1 N–H and O–H groups in total. The van der Waals surface area contributed by atoms with Crippen LogP contribution in [0.5, 0.6) is 0 Å². The monoisotopic (exact) mass is 353 g/mol. The lowest BCUT2D eigenvalue weighted by Gasteiger charge is -2.14. The maximum absolute atomic E-state index is 12.1. The molecular formula is C18H15N3O5. The van der Waals surface area contributed by atoms with Gasteiger partial charge in [-0.1, -0.05) is 0 Å². The molecule has 0 aromatic heterocycles. The Morgan fingerprint density at radius 1 is 1.23 bits per heavy atom. The number of rotatable bonds is 5. The van der Waals surface area contributed by atoms with Crippen LogP contribution in [0.2, 0.25) is 0 Å². The molecule has 0 saturated carbocycles. The average Bonchev–Trinajstić information content (AvgIpc) is 2.61. The molecule has 0 unspecified atom stereocenters. The zero-order valence-electron chi connectivity index (χ0n) is 14.1. The van der Waals surface area contributed by atoms with E-state index in [0.29, 0.717) is 16.8 Å². The summed E-state index contributed by atoms with van der Waals surface area (Å²) >= 11 is 0. The fraction of sp³-hybridized carbons (Fsp3) is 0.167. The summed E-state index contributed by atoms with van der Waals surface area (Å²) in [4.78, 5) is 34.5. The zero-order valence-corrected chi connectivity index (χ0v) is 14.1. The van der Waals surface area contributed by atoms with Gasteiger partial charge in [-0.2, -0.15) is 5.26 Å². The third-order valence-electron chi connectivity index (χ3n) is 3.56. The predicted molar refractivity (Wildman–Crippen MR) is 92.5 cm³/mol. The highest BCUT2D eigenvalue weighted by Gasteiger charge is 2.20. The van der Waals surface area contributed by atoms with Crippen molar-refractivity contribution in [1.82, 2.24) is 0 Å². The number of nitro benzene ring substituents is 1. The first-order chi connectivity index (χ1) is 12.3. The summed E-state index contributed by atoms with van der Waals surface area (Å²) < 4.78 is 5.10. The van der Waals surface area contributed by atoms with Crippen LogP contribution in [0.4, 0.5) is 11.4 Å². The summed E-state index contributed by atoms with van der Waals surface area (Å²) in [5.74, 6) is -1.30. The minimum Gasteiger partial charge on any atom is -0.449 e. The molecule has 0 saturated heterocycles. The van der Waals surface area contributed by atoms with Crippen molar-refractivity contribution in [3.8, 4) is 6.07 Å². The van der Waals surface area contributed by atoms with Crippen molar-refractivity contribution in [1.29, 1.82) is 5.26 Å². The topological polar surface area (TPSA) is 122 Å². The third-order valence-corrected chi connectivity index (χ3v) is 3.56. The smallest absolute Gasteiger partial charge is 0.338 e. The van der Waals surface area contributed by atoms with Crippen molar-refractivity contribution >= 4 is 23.3 Å². The van der Waals surface area contributed by atoms with Crippen LogP contribution in [-0.2, 0) is 9.53 Å². The third kappa shape index (κ3) is 4.42. The highest BCUT2D eigenvalue weighted by molar-refractivity contribution is 5.97. The number of amides is 1. The first kappa shape index (κ1) is 18.6. The predicted octanol–water partition coefficient (Wildman–Crippen LogP) is 2.96. The van der Waals surface area contributed by atoms with Crippen LogP contribution in [0.25, 0.3) is 0 Å². The number of nitriles is 1. The van der Waals surface area contributed by atoms with Gasteiger partial charge in [-0.15, -0.1) is 0 Å². The van der Waals surface area contributed by atoms with Crippen LogP contribution < -0.4 is 5.32 Å². The average molecular weight is 353 g/mol. The minimum atomic E-state index is -1.08. The number of nitrogens with one attached hydrogen (secondary N) is 1. The molecule has 0 spiro atoms. The van der Waals surface area contributed by atoms with E-state index in [0.717, 1.165) is 0 Å². The molecule has 8 nitrogen and oxygen atoms in total. The van der Waals surface area contributed by atoms with Crippen molar-refractivity contribution in [3.63, 3.8) is 0 Å². The van der Waals surface area contributed by atoms with E-state index < -0.39 is 22.9 Å². The molecule has 0 aliphatic carbocycles. The number of nitrogens with zero attached hydrogens (tertiary/aromatic N) is 2. The van der Waals surface area contributed by atoms with Crippen LogP contribution in [0, 0.1) is 28.4 Å². The van der Waals surface area contributed by atoms with Crippen LogP contribution in [0.3, 0.4) is 0 Å². The fourth-order valence-electron chi connectivity index (χ4n) is 2.14. The Bertz CT molecular complexity index is 900. The van der Waals surface area contributed by atoms with E-state index in [1.54, 1.807) is 24.3 Å². The fourth-order valence-corrected chi connectivity index (χ4v) is 2.14. The molecule has 2 aromatic rings. The highest BCUT2D eigenvalue weighted by atomic mass is 16.6. The largest absolute Gasteiger partial charge is 0.449 e. The molecule has 0 heterocycles. The molecular weight excluding hydrogens is 338 g/mol. The van der Waals surface area contributed by atoms with E-state index in [2.05, 4.69) is 5.32 Å². The second kappa shape index (κ2) is 7.90. The summed E-state index contributed by atoms with van der Waals surface area (Å²) in [5, 5.41) is 22.1. The summed E-state index contributed by atoms with van der Waals surface area (Å²) in [7, 11) is 0. The van der Waals surface area contributed by atoms with Crippen molar-refractivity contribution < 1.29 is 19.2 Å². The van der Waals surface area contributed by atoms with Crippen LogP contribution >= 0.6 is 0 Å². The van der Waals surface area contributed by atoms with Gasteiger partial charge in [-0.25, -0.2) is 4.79 Å². The van der Waals surface area contributed by atoms with Crippen LogP contribution in [0.15, 0.2) is 42.5 Å². The van der Waals surface area contributed by atoms with Gasteiger partial charge in [0.05, 0.1) is 22.1 Å². The van der Waals surface area contributed by atoms with Gasteiger partial charge in [0.25, 0.3) is 11.6 Å². The first-order valence-electron chi connectivity index (χ1n) is 7.59. The molecule has 26 heavy (non-hydrogen) atoms. The summed E-state index contributed by atoms with van der Waals surface area (Å²) in [6.07, 6.45) is -1.08. The Morgan fingerprint density at radius 2 is 1.88 bits per heavy atom. The van der Waals surface area contributed by atoms with Crippen LogP contribution in [0.1, 0.15) is 28.4 Å². The molecule has 132 valence electrons. The number of esters is 1. The Kier molecular flexibility index (Phi) is 5.65. The number of nitro groups is 1. The Balaban J connectivity index is 2.01. The van der Waals surface area contributed by atoms with E-state index in [1.165, 1.54) is 32.0 Å². The molecule has 8 heteroatoms. The molecule has 1 atom stereocenters. The van der Waals surface area contributed by atoms with E-state index >= 15 is 0 Å². The number of aryl methyl sites for hydroxylation is 1. The SMILES string of the molecule is Cc1cc(C(=O)O[C@@H](C)C(=O)Nc2ccc(C#N)cc2)ccc1[N+](=O)[O-]. The second-order valence-electron chi connectivity index (χ2n) is 5.48. The molecule has 0 aliphatic heterocycles. The highest BCUT2D eigenvalue weighted by Crippen LogP contribution is 2.19. The Hall–Kier alpha value is -3.73. The van der Waals surface area contributed by atoms with Gasteiger partial charge in [-0.3, -0.25) is 14.9 Å². The number of carbonyl (C=O) groups is 2. The summed E-state index contributed by atoms with van der Waals surface area (Å²) in [5.41, 5.74) is 1.25. The number of benzene rings is 2. The van der Waals surface area contributed by atoms with Gasteiger partial charge in [-0.05, 0) is 50.2 Å². The minimum absolute atomic E-state index is 0.104. The number of ether oxygens (including phenoxy) is 1. The van der Waals surface area contributed by atoms with Gasteiger partial charge < -0.3 is 10.1 Å². The molecule has 1 amide bonds. The molecule has 0 bridgehead atoms. The number of carbonyl (C=O) groups excluding carboxylic acids is 2. The number of anilines is 1. The standard InChI is InChI=1S/C18H15N3O5/c1-11-9-14(5-8-16(11)21(24)25)18(23)26-12(2)17(22)20-15-6-3-13(10-19)4-7-15/h3-9,12H,1-2H3,(H,20,22)/t12-/m0/s1. The van der Waals surface area contributed by atoms with Crippen molar-refractivity contribution in [2.45, 2.75) is 20.0 Å². The second-order valence-corrected chi connectivity index (χ2v) is 5.48. The van der Waals surface area contributed by atoms with E-state index in [4.69, 9.17) is 10.00 Å². The molecule has 2 aromatic carbocycles. The van der Waals surface area contributed by atoms with Crippen molar-refractivity contribution in [2.75, 3.05) is 5.32 Å². The Morgan fingerprint density at radius 3 is 2.42 bits per heavy atom. The van der Waals surface area contributed by atoms with Gasteiger partial charge >= 0.3 is 5.97 Å². The first-order valence-corrected chi connectivity index (χ1v) is 7.59. The number of hydrogen-bond acceptors (Lipinski definition) is 6. The molecule has 2 rings (SSSR count). The van der Waals surface area contributed by atoms with Crippen molar-refractivity contribution in [3.05, 3.63) is 69.3 Å². The summed E-state index contributed by atoms with van der Waals surface area (Å²) in [6, 6.07) is 12.0. The normalized spacial score (nSPS) is 11.1. The summed E-state index contributed by atoms with van der Waals surface area (Å²) in [6.45, 7) is 2.92. The lowest BCUT2D eigenvalue weighted by Crippen LogP contribution is -2.30. The quantitative estimate of drug-likeness (QED) is 0.501. The number of hydrogen-bond donors (Lipinski definition) is 1. The van der Waals surface area contributed by atoms with Gasteiger partial charge in [0.15, 0.2) is 6.10 Å². The van der Waals surface area contributed by atoms with Gasteiger partial charge in [0.2, 0.25) is 0 Å². The molecule has 0 fully saturated rings. The molecule has 0 aliphatic rings. The van der Waals surface area contributed by atoms with Gasteiger partial charge in [0, 0.05) is 17.3 Å². The van der Waals surface area contributed by atoms with Crippen molar-refractivity contribution in [2.24, 2.45) is 0 Å². The lowest BCUT2D eigenvalue weighted by molar-refractivity contribution is -0.385. The van der Waals surface area contributed by atoms with Crippen LogP contribution in [-0.4, -0.2) is 22.9 Å². The maximum atomic E-state index is 12.1. The van der Waals surface area contributed by atoms with E-state index in [1.807, 2.05) is 6.07 Å². The van der Waals surface area contributed by atoms with E-state index in [-0.39, 0.29) is 11.3 Å². The van der Waals surface area contributed by atoms with E-state index in [9.17, 15) is 19.7 Å². The zero-order chi connectivity index (χ0) is 19.3. The lowest BCUT2D eigenvalue weighted by atomic mass is 10.1. The Labute approximate surface area is 149 Å². The van der Waals surface area contributed by atoms with Gasteiger partial charge in [0.1, 0.15) is 0 Å². The molecule has 0 radical (unpaired) electrons. The maximum Gasteiger partial charge on any atom is 0.338 e.